The van der Waals surface area contributed by atoms with Crippen molar-refractivity contribution in [2.45, 2.75) is 32.7 Å². The Labute approximate surface area is 121 Å². The van der Waals surface area contributed by atoms with E-state index in [2.05, 4.69) is 31.0 Å². The van der Waals surface area contributed by atoms with Gasteiger partial charge in [-0.3, -0.25) is 5.32 Å². The van der Waals surface area contributed by atoms with Gasteiger partial charge in [0.05, 0.1) is 4.47 Å². The fourth-order valence-electron chi connectivity index (χ4n) is 1.08. The molecule has 1 amide bonds. The summed E-state index contributed by atoms with van der Waals surface area (Å²) in [5.74, 6) is -0.826. The standard InChI is InChI=1S/C11H12BrF3N2O3/c1-10(2,3)20-9(18)17-7-5-4-6(12)8(16-7)19-11(13,14)15/h4-5H,1-3H3,(H,16,17,18). The molecule has 1 heterocycles. The fraction of sp³-hybridized carbons (Fsp3) is 0.455. The molecule has 1 rings (SSSR count). The molecule has 0 aromatic carbocycles. The maximum atomic E-state index is 12.1. The molecule has 0 spiro atoms. The summed E-state index contributed by atoms with van der Waals surface area (Å²) >= 11 is 2.87. The molecule has 0 radical (unpaired) electrons. The molecule has 0 saturated heterocycles. The van der Waals surface area contributed by atoms with Crippen LogP contribution in [0.15, 0.2) is 16.6 Å². The molecule has 0 unspecified atom stereocenters. The Morgan fingerprint density at radius 3 is 2.40 bits per heavy atom. The van der Waals surface area contributed by atoms with E-state index in [0.717, 1.165) is 0 Å². The minimum absolute atomic E-state index is 0.00423. The number of amides is 1. The first-order valence-corrected chi connectivity index (χ1v) is 6.18. The summed E-state index contributed by atoms with van der Waals surface area (Å²) in [6, 6.07) is 2.57. The predicted molar refractivity (Wildman–Crippen MR) is 68.5 cm³/mol. The van der Waals surface area contributed by atoms with E-state index in [4.69, 9.17) is 4.74 Å². The highest BCUT2D eigenvalue weighted by Gasteiger charge is 2.33. The minimum atomic E-state index is -4.87. The first kappa shape index (κ1) is 16.5. The molecule has 20 heavy (non-hydrogen) atoms. The highest BCUT2D eigenvalue weighted by Crippen LogP contribution is 2.29. The maximum Gasteiger partial charge on any atom is 0.574 e. The van der Waals surface area contributed by atoms with Gasteiger partial charge >= 0.3 is 12.5 Å². The molecule has 0 aliphatic carbocycles. The Balaban J connectivity index is 2.82. The number of rotatable bonds is 2. The second kappa shape index (κ2) is 5.86. The summed E-state index contributed by atoms with van der Waals surface area (Å²) in [4.78, 5) is 15.0. The highest BCUT2D eigenvalue weighted by atomic mass is 79.9. The van der Waals surface area contributed by atoms with Gasteiger partial charge in [0.1, 0.15) is 11.4 Å². The van der Waals surface area contributed by atoms with Crippen molar-refractivity contribution in [1.29, 1.82) is 0 Å². The van der Waals surface area contributed by atoms with Gasteiger partial charge in [-0.25, -0.2) is 4.79 Å². The Hall–Kier alpha value is -1.51. The van der Waals surface area contributed by atoms with Crippen LogP contribution >= 0.6 is 15.9 Å². The van der Waals surface area contributed by atoms with Crippen LogP contribution in [0.25, 0.3) is 0 Å². The van der Waals surface area contributed by atoms with Crippen molar-refractivity contribution in [1.82, 2.24) is 4.98 Å². The van der Waals surface area contributed by atoms with Crippen LogP contribution in [0.2, 0.25) is 0 Å². The number of aromatic nitrogens is 1. The number of hydrogen-bond donors (Lipinski definition) is 1. The van der Waals surface area contributed by atoms with Gasteiger partial charge in [-0.05, 0) is 48.8 Å². The third-order valence-electron chi connectivity index (χ3n) is 1.66. The zero-order valence-corrected chi connectivity index (χ0v) is 12.4. The SMILES string of the molecule is CC(C)(C)OC(=O)Nc1ccc(Br)c(OC(F)(F)F)n1. The molecule has 0 atom stereocenters. The Morgan fingerprint density at radius 1 is 1.30 bits per heavy atom. The number of nitrogens with zero attached hydrogens (tertiary/aromatic N) is 1. The number of halogens is 4. The Kier molecular flexibility index (Phi) is 4.85. The van der Waals surface area contributed by atoms with E-state index in [1.807, 2.05) is 0 Å². The second-order valence-corrected chi connectivity index (χ2v) is 5.51. The summed E-state index contributed by atoms with van der Waals surface area (Å²) in [6.07, 6.45) is -5.70. The fourth-order valence-corrected chi connectivity index (χ4v) is 1.38. The Morgan fingerprint density at radius 2 is 1.90 bits per heavy atom. The van der Waals surface area contributed by atoms with Gasteiger partial charge in [-0.15, -0.1) is 13.2 Å². The molecule has 0 aliphatic rings. The summed E-state index contributed by atoms with van der Waals surface area (Å²) in [5.41, 5.74) is -0.731. The van der Waals surface area contributed by atoms with Gasteiger partial charge in [-0.2, -0.15) is 4.98 Å². The number of hydrogen-bond acceptors (Lipinski definition) is 4. The summed E-state index contributed by atoms with van der Waals surface area (Å²) in [6.45, 7) is 4.96. The molecular formula is C11H12BrF3N2O3. The topological polar surface area (TPSA) is 60.5 Å². The van der Waals surface area contributed by atoms with Crippen molar-refractivity contribution in [3.63, 3.8) is 0 Å². The van der Waals surface area contributed by atoms with Crippen LogP contribution in [0.5, 0.6) is 5.88 Å². The van der Waals surface area contributed by atoms with Crippen LogP contribution in [0.3, 0.4) is 0 Å². The normalized spacial score (nSPS) is 11.9. The summed E-state index contributed by atoms with van der Waals surface area (Å²) in [5, 5.41) is 2.21. The number of carbonyl (C=O) groups excluding carboxylic acids is 1. The van der Waals surface area contributed by atoms with E-state index in [1.54, 1.807) is 20.8 Å². The van der Waals surface area contributed by atoms with E-state index < -0.39 is 23.9 Å². The van der Waals surface area contributed by atoms with Crippen molar-refractivity contribution in [2.24, 2.45) is 0 Å². The van der Waals surface area contributed by atoms with E-state index in [1.165, 1.54) is 12.1 Å². The molecule has 0 bridgehead atoms. The van der Waals surface area contributed by atoms with Crippen LogP contribution < -0.4 is 10.1 Å². The molecule has 0 aliphatic heterocycles. The first-order chi connectivity index (χ1) is 8.96. The van der Waals surface area contributed by atoms with Crippen LogP contribution in [0.1, 0.15) is 20.8 Å². The van der Waals surface area contributed by atoms with Crippen LogP contribution in [-0.4, -0.2) is 23.0 Å². The van der Waals surface area contributed by atoms with E-state index >= 15 is 0 Å². The third kappa shape index (κ3) is 6.09. The van der Waals surface area contributed by atoms with Crippen molar-refractivity contribution in [2.75, 3.05) is 5.32 Å². The smallest absolute Gasteiger partial charge is 0.444 e. The lowest BCUT2D eigenvalue weighted by atomic mass is 10.2. The van der Waals surface area contributed by atoms with Crippen molar-refractivity contribution >= 4 is 27.8 Å². The molecular weight excluding hydrogens is 345 g/mol. The van der Waals surface area contributed by atoms with Crippen molar-refractivity contribution < 1.29 is 27.4 Å². The number of anilines is 1. The van der Waals surface area contributed by atoms with Gasteiger partial charge in [0, 0.05) is 0 Å². The maximum absolute atomic E-state index is 12.1. The Bertz CT molecular complexity index is 501. The number of ether oxygens (including phenoxy) is 2. The lowest BCUT2D eigenvalue weighted by Gasteiger charge is -2.19. The van der Waals surface area contributed by atoms with Gasteiger partial charge in [0.25, 0.3) is 0 Å². The van der Waals surface area contributed by atoms with Gasteiger partial charge in [-0.1, -0.05) is 0 Å². The van der Waals surface area contributed by atoms with E-state index in [0.29, 0.717) is 0 Å². The van der Waals surface area contributed by atoms with E-state index in [-0.39, 0.29) is 10.3 Å². The largest absolute Gasteiger partial charge is 0.574 e. The summed E-state index contributed by atoms with van der Waals surface area (Å²) in [7, 11) is 0. The lowest BCUT2D eigenvalue weighted by Crippen LogP contribution is -2.27. The molecule has 9 heteroatoms. The number of nitrogens with one attached hydrogen (secondary N) is 1. The van der Waals surface area contributed by atoms with Gasteiger partial charge in [0.2, 0.25) is 5.88 Å². The number of alkyl halides is 3. The molecule has 5 nitrogen and oxygen atoms in total. The average Bonchev–Trinajstić information content (AvgIpc) is 2.18. The number of carbonyl (C=O) groups is 1. The molecule has 1 aromatic heterocycles. The minimum Gasteiger partial charge on any atom is -0.444 e. The molecule has 0 saturated carbocycles. The van der Waals surface area contributed by atoms with Crippen molar-refractivity contribution in [3.8, 4) is 5.88 Å². The highest BCUT2D eigenvalue weighted by molar-refractivity contribution is 9.10. The predicted octanol–water partition coefficient (Wildman–Crippen LogP) is 4.09. The van der Waals surface area contributed by atoms with E-state index in [9.17, 15) is 18.0 Å². The van der Waals surface area contributed by atoms with Gasteiger partial charge in [0.15, 0.2) is 0 Å². The number of pyridine rings is 1. The molecule has 112 valence electrons. The van der Waals surface area contributed by atoms with Crippen molar-refractivity contribution in [3.05, 3.63) is 16.6 Å². The summed E-state index contributed by atoms with van der Waals surface area (Å²) < 4.78 is 45.1. The van der Waals surface area contributed by atoms with Gasteiger partial charge < -0.3 is 9.47 Å². The monoisotopic (exact) mass is 356 g/mol. The van der Waals surface area contributed by atoms with Crippen LogP contribution in [0, 0.1) is 0 Å². The third-order valence-corrected chi connectivity index (χ3v) is 2.26. The molecule has 1 N–H and O–H groups in total. The zero-order valence-electron chi connectivity index (χ0n) is 10.8. The van der Waals surface area contributed by atoms with Crippen LogP contribution in [-0.2, 0) is 4.74 Å². The lowest BCUT2D eigenvalue weighted by molar-refractivity contribution is -0.276. The molecule has 0 fully saturated rings. The second-order valence-electron chi connectivity index (χ2n) is 4.66. The quantitative estimate of drug-likeness (QED) is 0.866. The zero-order chi connectivity index (χ0) is 15.6. The first-order valence-electron chi connectivity index (χ1n) is 5.38. The average molecular weight is 357 g/mol. The van der Waals surface area contributed by atoms with Crippen LogP contribution in [0.4, 0.5) is 23.8 Å². The molecule has 1 aromatic rings.